The number of ether oxygens (including phenoxy) is 5. The van der Waals surface area contributed by atoms with Crippen molar-refractivity contribution >= 4 is 17.9 Å². The minimum Gasteiger partial charge on any atom is -0.490 e. The highest BCUT2D eigenvalue weighted by Gasteiger charge is 2.51. The zero-order valence-electron chi connectivity index (χ0n) is 34.7. The van der Waals surface area contributed by atoms with Gasteiger partial charge >= 0.3 is 17.9 Å². The van der Waals surface area contributed by atoms with E-state index >= 15 is 0 Å². The zero-order valence-corrected chi connectivity index (χ0v) is 34.7. The summed E-state index contributed by atoms with van der Waals surface area (Å²) >= 11 is 0. The van der Waals surface area contributed by atoms with Gasteiger partial charge in [0, 0.05) is 6.61 Å². The van der Waals surface area contributed by atoms with E-state index in [9.17, 15) is 14.4 Å². The molecule has 0 aliphatic heterocycles. The maximum absolute atomic E-state index is 13.7. The lowest BCUT2D eigenvalue weighted by atomic mass is 9.54. The number of nitrogens with zero attached hydrogens (tertiary/aromatic N) is 1. The summed E-state index contributed by atoms with van der Waals surface area (Å²) in [6.07, 6.45) is 1.14. The van der Waals surface area contributed by atoms with Crippen molar-refractivity contribution in [3.8, 4) is 28.7 Å². The van der Waals surface area contributed by atoms with Crippen LogP contribution in [0.4, 0.5) is 0 Å². The molecule has 2 unspecified atom stereocenters. The van der Waals surface area contributed by atoms with Crippen molar-refractivity contribution in [2.75, 3.05) is 33.0 Å². The second-order valence-electron chi connectivity index (χ2n) is 17.6. The molecule has 3 aromatic carbocycles. The Morgan fingerprint density at radius 1 is 0.636 bits per heavy atom. The Labute approximate surface area is 328 Å². The van der Waals surface area contributed by atoms with Gasteiger partial charge in [-0.2, -0.15) is 5.26 Å². The zero-order chi connectivity index (χ0) is 41.0. The molecule has 9 heteroatoms. The van der Waals surface area contributed by atoms with Crippen molar-refractivity contribution in [3.63, 3.8) is 0 Å². The highest BCUT2D eigenvalue weighted by atomic mass is 16.6. The third kappa shape index (κ3) is 13.2. The van der Waals surface area contributed by atoms with E-state index in [1.165, 1.54) is 0 Å². The first-order valence-electron chi connectivity index (χ1n) is 19.1. The molecule has 0 radical (unpaired) electrons. The highest BCUT2D eigenvalue weighted by molar-refractivity contribution is 5.91. The summed E-state index contributed by atoms with van der Waals surface area (Å²) < 4.78 is 28.3. The van der Waals surface area contributed by atoms with Crippen LogP contribution in [-0.2, 0) is 23.8 Å². The van der Waals surface area contributed by atoms with E-state index in [4.69, 9.17) is 28.9 Å². The van der Waals surface area contributed by atoms with Gasteiger partial charge in [-0.3, -0.25) is 9.59 Å². The third-order valence-electron chi connectivity index (χ3n) is 10.5. The Morgan fingerprint density at radius 2 is 1.15 bits per heavy atom. The van der Waals surface area contributed by atoms with Crippen LogP contribution in [0.3, 0.4) is 0 Å². The number of hydrogen-bond donors (Lipinski definition) is 0. The van der Waals surface area contributed by atoms with Crippen molar-refractivity contribution in [3.05, 3.63) is 83.9 Å². The summed E-state index contributed by atoms with van der Waals surface area (Å²) in [5.41, 5.74) is 1.34. The van der Waals surface area contributed by atoms with Crippen molar-refractivity contribution in [2.24, 2.45) is 33.5 Å². The fourth-order valence-electron chi connectivity index (χ4n) is 6.39. The fraction of sp³-hybridized carbons (Fsp3) is 0.522. The van der Waals surface area contributed by atoms with Gasteiger partial charge in [-0.15, -0.1) is 0 Å². The van der Waals surface area contributed by atoms with Crippen molar-refractivity contribution < 1.29 is 38.1 Å². The smallest absolute Gasteiger partial charge is 0.343 e. The lowest BCUT2D eigenvalue weighted by Gasteiger charge is -2.49. The van der Waals surface area contributed by atoms with Gasteiger partial charge in [0.05, 0.1) is 35.6 Å². The van der Waals surface area contributed by atoms with E-state index in [-0.39, 0.29) is 37.2 Å². The standard InChI is InChI=1S/C46H61NO8/c1-12-51-25-26-53-42(50)39(29-43(2,3)4)46(10,11)45(8,9)30-38(44(5,6)7)41(49)54-28-27-52-36-21-19-35(20-22-36)40(48)55-37-23-17-34(18-24-37)33-15-13-32(31-47)14-16-33/h13-24,38-39H,12,25-30H2,1-11H3. The second kappa shape index (κ2) is 19.3. The Bertz CT molecular complexity index is 1740. The summed E-state index contributed by atoms with van der Waals surface area (Å²) in [7, 11) is 0. The molecule has 298 valence electrons. The lowest BCUT2D eigenvalue weighted by molar-refractivity contribution is -0.163. The number of esters is 3. The van der Waals surface area contributed by atoms with Gasteiger partial charge in [0.2, 0.25) is 0 Å². The Kier molecular flexibility index (Phi) is 15.7. The Morgan fingerprint density at radius 3 is 1.65 bits per heavy atom. The predicted octanol–water partition coefficient (Wildman–Crippen LogP) is 10.1. The number of rotatable bonds is 18. The summed E-state index contributed by atoms with van der Waals surface area (Å²) in [5.74, 6) is -0.961. The average Bonchev–Trinajstić information content (AvgIpc) is 3.12. The molecule has 0 saturated heterocycles. The second-order valence-corrected chi connectivity index (χ2v) is 17.6. The molecule has 55 heavy (non-hydrogen) atoms. The Hall–Kier alpha value is -4.68. The molecule has 0 bridgehead atoms. The van der Waals surface area contributed by atoms with Crippen LogP contribution >= 0.6 is 0 Å². The van der Waals surface area contributed by atoms with E-state index in [1.54, 1.807) is 48.5 Å². The van der Waals surface area contributed by atoms with Crippen molar-refractivity contribution in [2.45, 2.75) is 89.0 Å². The van der Waals surface area contributed by atoms with Crippen LogP contribution in [0.5, 0.6) is 11.5 Å². The van der Waals surface area contributed by atoms with Gasteiger partial charge in [0.25, 0.3) is 0 Å². The van der Waals surface area contributed by atoms with Crippen LogP contribution < -0.4 is 9.47 Å². The van der Waals surface area contributed by atoms with Crippen LogP contribution in [0.2, 0.25) is 0 Å². The summed E-state index contributed by atoms with van der Waals surface area (Å²) in [6.45, 7) is 24.1. The van der Waals surface area contributed by atoms with Gasteiger partial charge in [0.1, 0.15) is 31.3 Å². The van der Waals surface area contributed by atoms with Crippen molar-refractivity contribution in [1.82, 2.24) is 0 Å². The van der Waals surface area contributed by atoms with Gasteiger partial charge in [-0.25, -0.2) is 4.79 Å². The molecule has 0 aromatic heterocycles. The summed E-state index contributed by atoms with van der Waals surface area (Å²) in [5, 5.41) is 9.02. The molecule has 2 atom stereocenters. The van der Waals surface area contributed by atoms with Crippen LogP contribution in [0, 0.1) is 44.8 Å². The molecule has 0 aliphatic rings. The van der Waals surface area contributed by atoms with E-state index in [2.05, 4.69) is 54.5 Å². The maximum Gasteiger partial charge on any atom is 0.343 e. The Balaban J connectivity index is 1.57. The number of nitriles is 1. The maximum atomic E-state index is 13.7. The SMILES string of the molecule is CCOCCOC(=O)C(CC(C)(C)C)C(C)(C)C(C)(C)CC(C(=O)OCCOc1ccc(C(=O)Oc2ccc(-c3ccc(C#N)cc3)cc2)cc1)C(C)(C)C. The summed E-state index contributed by atoms with van der Waals surface area (Å²) in [6, 6.07) is 23.1. The third-order valence-corrected chi connectivity index (χ3v) is 10.5. The molecule has 0 N–H and O–H groups in total. The first kappa shape index (κ1) is 44.7. The topological polar surface area (TPSA) is 121 Å². The number of benzene rings is 3. The van der Waals surface area contributed by atoms with Gasteiger partial charge in [0.15, 0.2) is 0 Å². The largest absolute Gasteiger partial charge is 0.490 e. The monoisotopic (exact) mass is 755 g/mol. The molecule has 0 heterocycles. The first-order valence-corrected chi connectivity index (χ1v) is 19.1. The molecule has 9 nitrogen and oxygen atoms in total. The van der Waals surface area contributed by atoms with Gasteiger partial charge in [-0.05, 0) is 101 Å². The van der Waals surface area contributed by atoms with E-state index in [0.717, 1.165) is 11.1 Å². The summed E-state index contributed by atoms with van der Waals surface area (Å²) in [4.78, 5) is 40.1. The molecular weight excluding hydrogens is 695 g/mol. The highest BCUT2D eigenvalue weighted by Crippen LogP contribution is 2.53. The number of carbonyl (C=O) groups excluding carboxylic acids is 3. The van der Waals surface area contributed by atoms with Crippen molar-refractivity contribution in [1.29, 1.82) is 5.26 Å². The molecule has 0 aliphatic carbocycles. The normalized spacial score (nSPS) is 13.3. The molecule has 3 aromatic rings. The van der Waals surface area contributed by atoms with Crippen LogP contribution in [0.25, 0.3) is 11.1 Å². The van der Waals surface area contributed by atoms with E-state index in [0.29, 0.717) is 48.7 Å². The molecule has 3 rings (SSSR count). The predicted molar refractivity (Wildman–Crippen MR) is 215 cm³/mol. The minimum atomic E-state index is -0.522. The molecule has 0 fully saturated rings. The van der Waals surface area contributed by atoms with Crippen LogP contribution in [0.1, 0.15) is 105 Å². The van der Waals surface area contributed by atoms with Crippen LogP contribution in [0.15, 0.2) is 72.8 Å². The lowest BCUT2D eigenvalue weighted by Crippen LogP contribution is -2.47. The minimum absolute atomic E-state index is 0.0519. The van der Waals surface area contributed by atoms with Crippen LogP contribution in [-0.4, -0.2) is 50.9 Å². The number of carbonyl (C=O) groups is 3. The average molecular weight is 756 g/mol. The molecule has 0 saturated carbocycles. The van der Waals surface area contributed by atoms with Gasteiger partial charge in [-0.1, -0.05) is 93.5 Å². The first-order chi connectivity index (χ1) is 25.7. The molecule has 0 amide bonds. The molecular formula is C46H61NO8. The van der Waals surface area contributed by atoms with Gasteiger partial charge < -0.3 is 23.7 Å². The van der Waals surface area contributed by atoms with E-state index in [1.807, 2.05) is 52.0 Å². The molecule has 0 spiro atoms. The number of hydrogen-bond acceptors (Lipinski definition) is 9. The fourth-order valence-corrected chi connectivity index (χ4v) is 6.39. The quantitative estimate of drug-likeness (QED) is 0.0709. The van der Waals surface area contributed by atoms with E-state index < -0.39 is 34.1 Å².